The molecule has 2 aromatic heterocycles. The zero-order valence-corrected chi connectivity index (χ0v) is 14.4. The highest BCUT2D eigenvalue weighted by Gasteiger charge is 2.23. The summed E-state index contributed by atoms with van der Waals surface area (Å²) in [7, 11) is 1.94. The molecule has 3 heterocycles. The van der Waals surface area contributed by atoms with Crippen molar-refractivity contribution in [2.75, 3.05) is 19.6 Å². The molecule has 1 atom stereocenters. The molecule has 130 valence electrons. The second kappa shape index (κ2) is 6.72. The molecule has 3 aromatic rings. The number of nitrogens with one attached hydrogen (secondary N) is 2. The van der Waals surface area contributed by atoms with Gasteiger partial charge in [-0.1, -0.05) is 6.07 Å². The summed E-state index contributed by atoms with van der Waals surface area (Å²) in [4.78, 5) is 18.0. The van der Waals surface area contributed by atoms with Gasteiger partial charge in [0, 0.05) is 55.7 Å². The van der Waals surface area contributed by atoms with Crippen molar-refractivity contribution in [3.63, 3.8) is 0 Å². The van der Waals surface area contributed by atoms with Crippen LogP contribution in [0.15, 0.2) is 42.9 Å². The lowest BCUT2D eigenvalue weighted by molar-refractivity contribution is 0.0947. The van der Waals surface area contributed by atoms with E-state index in [0.29, 0.717) is 11.5 Å². The highest BCUT2D eigenvalue weighted by Crippen LogP contribution is 2.18. The third kappa shape index (κ3) is 3.58. The van der Waals surface area contributed by atoms with E-state index in [-0.39, 0.29) is 5.91 Å². The van der Waals surface area contributed by atoms with Crippen molar-refractivity contribution < 1.29 is 4.79 Å². The summed E-state index contributed by atoms with van der Waals surface area (Å²) >= 11 is 0. The van der Waals surface area contributed by atoms with Crippen molar-refractivity contribution >= 4 is 16.8 Å². The maximum Gasteiger partial charge on any atom is 0.251 e. The molecule has 1 aliphatic heterocycles. The van der Waals surface area contributed by atoms with E-state index in [4.69, 9.17) is 0 Å². The molecule has 0 spiro atoms. The van der Waals surface area contributed by atoms with E-state index in [1.165, 1.54) is 5.56 Å². The van der Waals surface area contributed by atoms with Gasteiger partial charge in [-0.05, 0) is 42.5 Å². The molecule has 1 aromatic carbocycles. The summed E-state index contributed by atoms with van der Waals surface area (Å²) in [5.74, 6) is 0.511. The van der Waals surface area contributed by atoms with Crippen LogP contribution in [0.2, 0.25) is 0 Å². The number of carbonyl (C=O) groups excluding carboxylic acids is 1. The summed E-state index contributed by atoms with van der Waals surface area (Å²) < 4.78 is 1.84. The fraction of sp³-hybridized carbons (Fsp3) is 0.368. The van der Waals surface area contributed by atoms with Gasteiger partial charge in [-0.25, -0.2) is 0 Å². The number of nitrogens with zero attached hydrogens (tertiary/aromatic N) is 3. The number of H-pyrrole nitrogens is 1. The Kier molecular flexibility index (Phi) is 4.28. The molecule has 4 rings (SSSR count). The van der Waals surface area contributed by atoms with E-state index in [2.05, 4.69) is 26.5 Å². The Bertz CT molecular complexity index is 881. The van der Waals surface area contributed by atoms with Gasteiger partial charge in [0.05, 0.1) is 6.20 Å². The zero-order valence-electron chi connectivity index (χ0n) is 14.4. The predicted octanol–water partition coefficient (Wildman–Crippen LogP) is 2.15. The lowest BCUT2D eigenvalue weighted by Gasteiger charge is -2.15. The van der Waals surface area contributed by atoms with Crippen LogP contribution in [0.5, 0.6) is 0 Å². The number of amides is 1. The second-order valence-corrected chi connectivity index (χ2v) is 6.90. The van der Waals surface area contributed by atoms with Gasteiger partial charge in [-0.2, -0.15) is 5.10 Å². The predicted molar refractivity (Wildman–Crippen MR) is 97.2 cm³/mol. The lowest BCUT2D eigenvalue weighted by Crippen LogP contribution is -2.30. The quantitative estimate of drug-likeness (QED) is 0.750. The number of fused-ring (bicyclic) bond motifs is 1. The smallest absolute Gasteiger partial charge is 0.251 e. The first-order valence-electron chi connectivity index (χ1n) is 8.72. The number of aromatic nitrogens is 3. The van der Waals surface area contributed by atoms with Crippen molar-refractivity contribution in [1.82, 2.24) is 25.0 Å². The molecule has 6 heteroatoms. The van der Waals surface area contributed by atoms with Crippen LogP contribution >= 0.6 is 0 Å². The molecule has 0 radical (unpaired) electrons. The molecule has 2 N–H and O–H groups in total. The van der Waals surface area contributed by atoms with Crippen LogP contribution < -0.4 is 5.32 Å². The average molecular weight is 337 g/mol. The number of rotatable bonds is 5. The van der Waals surface area contributed by atoms with E-state index in [9.17, 15) is 4.79 Å². The van der Waals surface area contributed by atoms with Gasteiger partial charge in [0.1, 0.15) is 0 Å². The summed E-state index contributed by atoms with van der Waals surface area (Å²) in [6, 6.07) is 7.78. The Morgan fingerprint density at radius 3 is 3.16 bits per heavy atom. The largest absolute Gasteiger partial charge is 0.361 e. The Morgan fingerprint density at radius 2 is 2.32 bits per heavy atom. The third-order valence-corrected chi connectivity index (χ3v) is 4.90. The molecule has 1 saturated heterocycles. The van der Waals surface area contributed by atoms with Crippen LogP contribution in [0.4, 0.5) is 0 Å². The molecule has 0 saturated carbocycles. The highest BCUT2D eigenvalue weighted by molar-refractivity contribution is 5.97. The number of hydrogen-bond acceptors (Lipinski definition) is 3. The molecular weight excluding hydrogens is 314 g/mol. The van der Waals surface area contributed by atoms with Gasteiger partial charge in [0.25, 0.3) is 5.91 Å². The number of carbonyl (C=O) groups is 1. The van der Waals surface area contributed by atoms with Crippen LogP contribution in [-0.4, -0.2) is 45.2 Å². The number of hydrogen-bond donors (Lipinski definition) is 2. The Morgan fingerprint density at radius 1 is 1.40 bits per heavy atom. The molecule has 1 amide bonds. The number of aryl methyl sites for hydroxylation is 1. The van der Waals surface area contributed by atoms with Crippen LogP contribution in [0.3, 0.4) is 0 Å². The van der Waals surface area contributed by atoms with E-state index in [1.807, 2.05) is 48.4 Å². The van der Waals surface area contributed by atoms with Crippen LogP contribution in [0.1, 0.15) is 22.3 Å². The molecule has 6 nitrogen and oxygen atoms in total. The molecule has 0 bridgehead atoms. The average Bonchev–Trinajstić information content (AvgIpc) is 3.33. The van der Waals surface area contributed by atoms with Crippen LogP contribution in [0, 0.1) is 5.92 Å². The maximum absolute atomic E-state index is 12.4. The lowest BCUT2D eigenvalue weighted by atomic mass is 10.1. The summed E-state index contributed by atoms with van der Waals surface area (Å²) in [5, 5.41) is 8.43. The Labute approximate surface area is 146 Å². The Balaban J connectivity index is 1.28. The Hall–Kier alpha value is -2.60. The standard InChI is InChI=1S/C19H23N5O/c1-23-11-15(10-22-23)13-24-7-5-14(12-24)9-21-19(25)17-3-2-16-4-6-20-18(16)8-17/h2-4,6,8,10-11,14,20H,5,7,9,12-13H2,1H3,(H,21,25)/t14-/m1/s1. The molecular formula is C19H23N5O. The zero-order chi connectivity index (χ0) is 17.2. The molecule has 1 fully saturated rings. The van der Waals surface area contributed by atoms with Gasteiger partial charge in [0.2, 0.25) is 0 Å². The first-order valence-corrected chi connectivity index (χ1v) is 8.72. The fourth-order valence-electron chi connectivity index (χ4n) is 3.56. The van der Waals surface area contributed by atoms with Gasteiger partial charge in [-0.15, -0.1) is 0 Å². The SMILES string of the molecule is Cn1cc(CN2CC[C@H](CNC(=O)c3ccc4cc[nH]c4c3)C2)cn1. The number of benzene rings is 1. The summed E-state index contributed by atoms with van der Waals surface area (Å²) in [5.41, 5.74) is 2.95. The first-order chi connectivity index (χ1) is 12.2. The van der Waals surface area contributed by atoms with Crippen LogP contribution in [0.25, 0.3) is 10.9 Å². The van der Waals surface area contributed by atoms with Crippen molar-refractivity contribution in [2.24, 2.45) is 13.0 Å². The molecule has 1 aliphatic rings. The van der Waals surface area contributed by atoms with Crippen molar-refractivity contribution in [2.45, 2.75) is 13.0 Å². The second-order valence-electron chi connectivity index (χ2n) is 6.90. The van der Waals surface area contributed by atoms with Gasteiger partial charge < -0.3 is 10.3 Å². The number of aromatic amines is 1. The van der Waals surface area contributed by atoms with Gasteiger partial charge in [0.15, 0.2) is 0 Å². The summed E-state index contributed by atoms with van der Waals surface area (Å²) in [6.07, 6.45) is 7.00. The first kappa shape index (κ1) is 15.9. The van der Waals surface area contributed by atoms with E-state index < -0.39 is 0 Å². The minimum atomic E-state index is 0.00205. The molecule has 0 aliphatic carbocycles. The van der Waals surface area contributed by atoms with Crippen molar-refractivity contribution in [3.8, 4) is 0 Å². The monoisotopic (exact) mass is 337 g/mol. The van der Waals surface area contributed by atoms with Crippen molar-refractivity contribution in [3.05, 3.63) is 54.0 Å². The van der Waals surface area contributed by atoms with Gasteiger partial charge >= 0.3 is 0 Å². The van der Waals surface area contributed by atoms with Crippen molar-refractivity contribution in [1.29, 1.82) is 0 Å². The van der Waals surface area contributed by atoms with E-state index in [1.54, 1.807) is 0 Å². The highest BCUT2D eigenvalue weighted by atomic mass is 16.1. The van der Waals surface area contributed by atoms with Crippen LogP contribution in [-0.2, 0) is 13.6 Å². The topological polar surface area (TPSA) is 65.9 Å². The molecule has 0 unspecified atom stereocenters. The minimum Gasteiger partial charge on any atom is -0.361 e. The third-order valence-electron chi connectivity index (χ3n) is 4.90. The van der Waals surface area contributed by atoms with E-state index >= 15 is 0 Å². The summed E-state index contributed by atoms with van der Waals surface area (Å²) in [6.45, 7) is 3.75. The van der Waals surface area contributed by atoms with E-state index in [0.717, 1.165) is 43.5 Å². The fourth-order valence-corrected chi connectivity index (χ4v) is 3.56. The maximum atomic E-state index is 12.4. The van der Waals surface area contributed by atoms with Gasteiger partial charge in [-0.3, -0.25) is 14.4 Å². The minimum absolute atomic E-state index is 0.00205. The normalized spacial score (nSPS) is 18.0. The number of likely N-dealkylation sites (tertiary alicyclic amines) is 1. The molecule has 25 heavy (non-hydrogen) atoms.